The van der Waals surface area contributed by atoms with Crippen LogP contribution in [0, 0.1) is 5.92 Å². The lowest BCUT2D eigenvalue weighted by atomic mass is 9.86. The fraction of sp³-hybridized carbons (Fsp3) is 0.412. The van der Waals surface area contributed by atoms with E-state index in [9.17, 15) is 4.79 Å². The van der Waals surface area contributed by atoms with Crippen LogP contribution in [0.3, 0.4) is 0 Å². The van der Waals surface area contributed by atoms with Gasteiger partial charge in [-0.15, -0.1) is 11.3 Å². The Balaban J connectivity index is 1.45. The van der Waals surface area contributed by atoms with Crippen LogP contribution in [-0.4, -0.2) is 41.7 Å². The zero-order chi connectivity index (χ0) is 16.5. The minimum Gasteiger partial charge on any atom is -0.444 e. The summed E-state index contributed by atoms with van der Waals surface area (Å²) in [6, 6.07) is 7.53. The zero-order valence-electron chi connectivity index (χ0n) is 13.1. The number of nitrogens with one attached hydrogen (secondary N) is 1. The number of amides is 1. The van der Waals surface area contributed by atoms with Gasteiger partial charge >= 0.3 is 6.09 Å². The Labute approximate surface area is 149 Å². The van der Waals surface area contributed by atoms with E-state index in [1.807, 2.05) is 24.3 Å². The Kier molecular flexibility index (Phi) is 4.43. The second-order valence-electron chi connectivity index (χ2n) is 6.22. The molecule has 0 spiro atoms. The first-order valence-electron chi connectivity index (χ1n) is 8.09. The van der Waals surface area contributed by atoms with E-state index in [2.05, 4.69) is 15.2 Å². The molecule has 3 aliphatic heterocycles. The van der Waals surface area contributed by atoms with Gasteiger partial charge in [0, 0.05) is 17.1 Å². The van der Waals surface area contributed by atoms with E-state index >= 15 is 0 Å². The van der Waals surface area contributed by atoms with Crippen LogP contribution < -0.4 is 5.32 Å². The third-order valence-corrected chi connectivity index (χ3v) is 5.95. The maximum Gasteiger partial charge on any atom is 0.413 e. The molecule has 1 amide bonds. The van der Waals surface area contributed by atoms with Crippen molar-refractivity contribution in [1.29, 1.82) is 0 Å². The number of aromatic nitrogens is 1. The molecule has 2 bridgehead atoms. The molecular formula is C17H18ClN3O2S. The number of halogens is 1. The highest BCUT2D eigenvalue weighted by atomic mass is 35.5. The van der Waals surface area contributed by atoms with Crippen molar-refractivity contribution in [3.63, 3.8) is 0 Å². The summed E-state index contributed by atoms with van der Waals surface area (Å²) in [4.78, 5) is 19.8. The summed E-state index contributed by atoms with van der Waals surface area (Å²) >= 11 is 7.69. The summed E-state index contributed by atoms with van der Waals surface area (Å²) in [6.07, 6.45) is 1.77. The molecule has 0 radical (unpaired) electrons. The topological polar surface area (TPSA) is 54.5 Å². The fourth-order valence-corrected chi connectivity index (χ4v) is 4.55. The van der Waals surface area contributed by atoms with E-state index in [4.69, 9.17) is 16.3 Å². The van der Waals surface area contributed by atoms with Gasteiger partial charge in [-0.1, -0.05) is 29.8 Å². The maximum atomic E-state index is 12.3. The van der Waals surface area contributed by atoms with Crippen molar-refractivity contribution in [1.82, 2.24) is 9.88 Å². The van der Waals surface area contributed by atoms with Gasteiger partial charge in [0.25, 0.3) is 0 Å². The average molecular weight is 364 g/mol. The lowest BCUT2D eigenvalue weighted by Gasteiger charge is -2.43. The number of hydrogen-bond acceptors (Lipinski definition) is 5. The average Bonchev–Trinajstić information content (AvgIpc) is 3.04. The number of piperidine rings is 3. The number of ether oxygens (including phenoxy) is 1. The zero-order valence-corrected chi connectivity index (χ0v) is 14.6. The summed E-state index contributed by atoms with van der Waals surface area (Å²) in [6.45, 7) is 3.08. The molecular weight excluding hydrogens is 346 g/mol. The minimum absolute atomic E-state index is 0.0186. The van der Waals surface area contributed by atoms with Crippen LogP contribution in [0.25, 0.3) is 10.4 Å². The highest BCUT2D eigenvalue weighted by molar-refractivity contribution is 7.14. The number of benzene rings is 1. The van der Waals surface area contributed by atoms with Crippen molar-refractivity contribution in [3.05, 3.63) is 34.8 Å². The SMILES string of the molecule is O=C(Nc1ncsc1-c1ccccc1Cl)O[C@H]1CN2CCC1CC2. The number of anilines is 1. The van der Waals surface area contributed by atoms with Crippen LogP contribution in [0.15, 0.2) is 29.8 Å². The lowest BCUT2D eigenvalue weighted by molar-refractivity contribution is -0.0290. The number of carbonyl (C=O) groups is 1. The fourth-order valence-electron chi connectivity index (χ4n) is 3.48. The number of rotatable bonds is 3. The number of hydrogen-bond donors (Lipinski definition) is 1. The van der Waals surface area contributed by atoms with E-state index in [-0.39, 0.29) is 6.10 Å². The first-order valence-corrected chi connectivity index (χ1v) is 9.35. The number of thiazole rings is 1. The van der Waals surface area contributed by atoms with Crippen molar-refractivity contribution in [2.75, 3.05) is 25.0 Å². The van der Waals surface area contributed by atoms with Gasteiger partial charge in [0.15, 0.2) is 5.82 Å². The van der Waals surface area contributed by atoms with Crippen LogP contribution in [0.1, 0.15) is 12.8 Å². The molecule has 24 heavy (non-hydrogen) atoms. The number of carbonyl (C=O) groups excluding carboxylic acids is 1. The molecule has 5 rings (SSSR count). The maximum absolute atomic E-state index is 12.3. The van der Waals surface area contributed by atoms with Gasteiger partial charge < -0.3 is 4.74 Å². The normalized spacial score (nSPS) is 25.5. The van der Waals surface area contributed by atoms with Crippen LogP contribution >= 0.6 is 22.9 Å². The summed E-state index contributed by atoms with van der Waals surface area (Å²) in [5.41, 5.74) is 2.56. The molecule has 1 atom stereocenters. The molecule has 0 unspecified atom stereocenters. The van der Waals surface area contributed by atoms with Crippen molar-refractivity contribution in [2.45, 2.75) is 18.9 Å². The van der Waals surface area contributed by atoms with Gasteiger partial charge in [0.05, 0.1) is 10.4 Å². The first kappa shape index (κ1) is 15.9. The Hall–Kier alpha value is -1.63. The Morgan fingerprint density at radius 2 is 2.12 bits per heavy atom. The van der Waals surface area contributed by atoms with Crippen LogP contribution in [0.2, 0.25) is 5.02 Å². The molecule has 3 fully saturated rings. The summed E-state index contributed by atoms with van der Waals surface area (Å²) in [5.74, 6) is 0.985. The lowest BCUT2D eigenvalue weighted by Crippen LogP contribution is -2.52. The molecule has 7 heteroatoms. The van der Waals surface area contributed by atoms with Gasteiger partial charge in [-0.05, 0) is 37.9 Å². The predicted octanol–water partition coefficient (Wildman–Crippen LogP) is 4.11. The second-order valence-corrected chi connectivity index (χ2v) is 7.48. The molecule has 5 nitrogen and oxygen atoms in total. The highest BCUT2D eigenvalue weighted by Gasteiger charge is 2.36. The van der Waals surface area contributed by atoms with Crippen LogP contribution in [-0.2, 0) is 4.74 Å². The third-order valence-electron chi connectivity index (χ3n) is 4.76. The molecule has 0 aliphatic carbocycles. The quantitative estimate of drug-likeness (QED) is 0.891. The molecule has 4 heterocycles. The number of nitrogens with zero attached hydrogens (tertiary/aromatic N) is 2. The monoisotopic (exact) mass is 363 g/mol. The Bertz CT molecular complexity index is 743. The second kappa shape index (κ2) is 6.70. The van der Waals surface area contributed by atoms with E-state index in [1.54, 1.807) is 5.51 Å². The molecule has 2 aromatic rings. The Morgan fingerprint density at radius 3 is 2.83 bits per heavy atom. The van der Waals surface area contributed by atoms with Crippen molar-refractivity contribution < 1.29 is 9.53 Å². The summed E-state index contributed by atoms with van der Waals surface area (Å²) in [5, 5.41) is 3.42. The van der Waals surface area contributed by atoms with Gasteiger partial charge in [-0.3, -0.25) is 10.2 Å². The summed E-state index contributed by atoms with van der Waals surface area (Å²) < 4.78 is 5.66. The summed E-state index contributed by atoms with van der Waals surface area (Å²) in [7, 11) is 0. The van der Waals surface area contributed by atoms with Gasteiger partial charge in [-0.25, -0.2) is 9.78 Å². The molecule has 1 aromatic carbocycles. The predicted molar refractivity (Wildman–Crippen MR) is 95.6 cm³/mol. The van der Waals surface area contributed by atoms with Gasteiger partial charge in [0.2, 0.25) is 0 Å². The third kappa shape index (κ3) is 3.14. The first-order chi connectivity index (χ1) is 11.7. The van der Waals surface area contributed by atoms with Crippen molar-refractivity contribution >= 4 is 34.8 Å². The van der Waals surface area contributed by atoms with E-state index in [0.717, 1.165) is 42.9 Å². The largest absolute Gasteiger partial charge is 0.444 e. The van der Waals surface area contributed by atoms with Gasteiger partial charge in [0.1, 0.15) is 6.10 Å². The molecule has 3 aliphatic rings. The molecule has 126 valence electrons. The van der Waals surface area contributed by atoms with Gasteiger partial charge in [-0.2, -0.15) is 0 Å². The van der Waals surface area contributed by atoms with E-state index < -0.39 is 6.09 Å². The molecule has 0 saturated carbocycles. The van der Waals surface area contributed by atoms with Crippen molar-refractivity contribution in [2.24, 2.45) is 5.92 Å². The molecule has 1 aromatic heterocycles. The highest BCUT2D eigenvalue weighted by Crippen LogP contribution is 2.36. The van der Waals surface area contributed by atoms with E-state index in [0.29, 0.717) is 16.8 Å². The standard InChI is InChI=1S/C17H18ClN3O2S/c18-13-4-2-1-3-12(13)15-16(19-10-24-15)20-17(22)23-14-9-21-7-5-11(14)6-8-21/h1-4,10-11,14H,5-9H2,(H,20,22)/t14-/m0/s1. The molecule has 3 saturated heterocycles. The molecule has 1 N–H and O–H groups in total. The minimum atomic E-state index is -0.437. The van der Waals surface area contributed by atoms with Crippen molar-refractivity contribution in [3.8, 4) is 10.4 Å². The van der Waals surface area contributed by atoms with E-state index in [1.165, 1.54) is 11.3 Å². The van der Waals surface area contributed by atoms with Crippen LogP contribution in [0.5, 0.6) is 0 Å². The smallest absolute Gasteiger partial charge is 0.413 e. The van der Waals surface area contributed by atoms with Crippen LogP contribution in [0.4, 0.5) is 10.6 Å². The Morgan fingerprint density at radius 1 is 1.33 bits per heavy atom. The number of fused-ring (bicyclic) bond motifs is 3.